The fourth-order valence-electron chi connectivity index (χ4n) is 14.0. The van der Waals surface area contributed by atoms with Crippen LogP contribution in [0.15, 0.2) is 188 Å². The van der Waals surface area contributed by atoms with E-state index in [0.29, 0.717) is 17.1 Å². The Morgan fingerprint density at radius 1 is 0.348 bits per heavy atom. The minimum Gasteiger partial charge on any atom is -0.458 e. The lowest BCUT2D eigenvalue weighted by molar-refractivity contribution is 0.464. The third kappa shape index (κ3) is 10.3. The zero-order valence-corrected chi connectivity index (χ0v) is 57.1. The smallest absolute Gasteiger partial charge is 0.260 e. The molecule has 7 heteroatoms. The van der Waals surface area contributed by atoms with E-state index < -0.39 is 0 Å². The van der Waals surface area contributed by atoms with Gasteiger partial charge in [0.15, 0.2) is 0 Å². The molecule has 0 aliphatic carbocycles. The Morgan fingerprint density at radius 3 is 1.01 bits per heavy atom. The second-order valence-electron chi connectivity index (χ2n) is 32.3. The van der Waals surface area contributed by atoms with Crippen LogP contribution in [0.4, 0.5) is 17.1 Å². The molecule has 12 aromatic rings. The predicted molar refractivity (Wildman–Crippen MR) is 390 cm³/mol. The van der Waals surface area contributed by atoms with Crippen molar-refractivity contribution in [3.05, 3.63) is 227 Å². The summed E-state index contributed by atoms with van der Waals surface area (Å²) in [6.07, 6.45) is 0. The summed E-state index contributed by atoms with van der Waals surface area (Å²) in [5, 5.41) is 15.7. The number of nitriles is 1. The molecule has 2 aliphatic rings. The number of hydrogen-bond acceptors (Lipinski definition) is 4. The van der Waals surface area contributed by atoms with Crippen molar-refractivity contribution in [2.75, 3.05) is 4.90 Å². The Hall–Kier alpha value is -9.25. The highest BCUT2D eigenvalue weighted by molar-refractivity contribution is 6.98. The van der Waals surface area contributed by atoms with Gasteiger partial charge in [-0.25, -0.2) is 0 Å². The number of fused-ring (bicyclic) bond motifs is 10. The van der Waals surface area contributed by atoms with E-state index in [0.717, 1.165) is 89.5 Å². The van der Waals surface area contributed by atoms with Gasteiger partial charge in [0.2, 0.25) is 0 Å². The third-order valence-electron chi connectivity index (χ3n) is 19.6. The SMILES string of the molecule is CC(C)(C)c1ccc(N(c2ccc(C(C)(C)C)cc2)c2ccc(C#N)cc2-c2cc3c4c(c2)Oc2cc(-n5c6cc(C(C)(C)C)ccc6c6ccc(C(C)(C)C)cc65)ccc2B4c2ccc(-n4c5cc(C(C)(C)C)ccc5c5ccc(C(C)(C)C)cc54)cc2O3)cc1. The molecule has 92 heavy (non-hydrogen) atoms. The van der Waals surface area contributed by atoms with Gasteiger partial charge in [0.1, 0.15) is 23.0 Å². The lowest BCUT2D eigenvalue weighted by atomic mass is 9.35. The highest BCUT2D eigenvalue weighted by Gasteiger charge is 2.42. The molecule has 460 valence electrons. The van der Waals surface area contributed by atoms with Crippen LogP contribution in [-0.2, 0) is 32.5 Å². The lowest BCUT2D eigenvalue weighted by Crippen LogP contribution is -2.57. The second-order valence-corrected chi connectivity index (χ2v) is 32.3. The Morgan fingerprint density at radius 2 is 0.685 bits per heavy atom. The van der Waals surface area contributed by atoms with Crippen molar-refractivity contribution < 1.29 is 9.47 Å². The van der Waals surface area contributed by atoms with E-state index >= 15 is 0 Å². The van der Waals surface area contributed by atoms with Gasteiger partial charge in [0, 0.05) is 67.5 Å². The van der Waals surface area contributed by atoms with E-state index in [4.69, 9.17) is 9.47 Å². The van der Waals surface area contributed by atoms with Crippen LogP contribution in [0.3, 0.4) is 0 Å². The van der Waals surface area contributed by atoms with Gasteiger partial charge in [-0.05, 0) is 173 Å². The molecule has 0 saturated heterocycles. The number of anilines is 3. The van der Waals surface area contributed by atoms with E-state index in [2.05, 4.69) is 321 Å². The second kappa shape index (κ2) is 20.9. The van der Waals surface area contributed by atoms with Crippen LogP contribution in [0.2, 0.25) is 0 Å². The number of benzene rings is 10. The number of nitrogens with zero attached hydrogens (tertiary/aromatic N) is 4. The van der Waals surface area contributed by atoms with Crippen molar-refractivity contribution in [2.24, 2.45) is 0 Å². The molecule has 0 N–H and O–H groups in total. The summed E-state index contributed by atoms with van der Waals surface area (Å²) < 4.78 is 19.9. The van der Waals surface area contributed by atoms with Crippen LogP contribution in [0.5, 0.6) is 23.0 Å². The minimum absolute atomic E-state index is 0.0392. The average molecular weight is 1210 g/mol. The molecule has 0 atom stereocenters. The van der Waals surface area contributed by atoms with Gasteiger partial charge in [-0.1, -0.05) is 210 Å². The molecule has 0 bridgehead atoms. The fraction of sp³-hybridized carbons (Fsp3) is 0.282. The molecule has 10 aromatic carbocycles. The molecule has 2 aliphatic heterocycles. The number of rotatable bonds is 6. The van der Waals surface area contributed by atoms with Crippen molar-refractivity contribution in [1.29, 1.82) is 5.26 Å². The summed E-state index contributed by atoms with van der Waals surface area (Å²) in [6.45, 7) is 40.8. The summed E-state index contributed by atoms with van der Waals surface area (Å²) in [5.41, 5.74) is 22.3. The number of aromatic nitrogens is 2. The van der Waals surface area contributed by atoms with E-state index in [9.17, 15) is 5.26 Å². The highest BCUT2D eigenvalue weighted by Crippen LogP contribution is 2.48. The molecule has 0 saturated carbocycles. The average Bonchev–Trinajstić information content (AvgIpc) is 1.40. The zero-order chi connectivity index (χ0) is 65.1. The normalized spacial score (nSPS) is 13.5. The first-order valence-corrected chi connectivity index (χ1v) is 32.9. The predicted octanol–water partition coefficient (Wildman–Crippen LogP) is 21.4. The Labute approximate surface area is 545 Å². The van der Waals surface area contributed by atoms with Crippen LogP contribution in [0.25, 0.3) is 66.1 Å². The van der Waals surface area contributed by atoms with Crippen LogP contribution < -0.4 is 30.8 Å². The number of hydrogen-bond donors (Lipinski definition) is 0. The van der Waals surface area contributed by atoms with Crippen molar-refractivity contribution in [3.63, 3.8) is 0 Å². The summed E-state index contributed by atoms with van der Waals surface area (Å²) in [5.74, 6) is 2.99. The van der Waals surface area contributed by atoms with Crippen LogP contribution in [0.1, 0.15) is 164 Å². The topological polar surface area (TPSA) is 55.4 Å². The maximum Gasteiger partial charge on any atom is 0.260 e. The standard InChI is InChI=1S/C85H85BN4O2/c1-80(2,3)53-20-28-59(29-21-53)88(60-30-22-54(23-31-60)81(4,5)6)70-40-19-51(50-87)41-67(70)52-42-77-79-78(43-52)92-76-49-62(90-73-46-57(84(13,14)15)26-36-65(73)66-37-27-58(47-74(66)90)85(16,17)18)33-39-69(76)86(79)68-38-32-61(48-75(68)91-77)89-71-44-55(82(7,8)9)24-34-63(71)64-35-25-56(45-72(64)89)83(10,11)12/h19-49H,1-18H3. The van der Waals surface area contributed by atoms with Gasteiger partial charge >= 0.3 is 0 Å². The Balaban J connectivity index is 1.02. The maximum atomic E-state index is 10.8. The molecule has 14 rings (SSSR count). The molecule has 0 amide bonds. The monoisotopic (exact) mass is 1200 g/mol. The first kappa shape index (κ1) is 60.3. The molecule has 0 spiro atoms. The van der Waals surface area contributed by atoms with E-state index in [1.807, 2.05) is 12.1 Å². The van der Waals surface area contributed by atoms with Crippen LogP contribution in [0, 0.1) is 11.3 Å². The van der Waals surface area contributed by atoms with Gasteiger partial charge in [-0.2, -0.15) is 5.26 Å². The zero-order valence-electron chi connectivity index (χ0n) is 57.1. The van der Waals surface area contributed by atoms with Crippen molar-refractivity contribution in [2.45, 2.75) is 157 Å². The quantitative estimate of drug-likeness (QED) is 0.156. The molecular weight excluding hydrogens is 1120 g/mol. The van der Waals surface area contributed by atoms with Crippen molar-refractivity contribution >= 4 is 83.8 Å². The minimum atomic E-state index is -0.245. The summed E-state index contributed by atoms with van der Waals surface area (Å²) in [6, 6.07) is 72.7. The van der Waals surface area contributed by atoms with Gasteiger partial charge in [0.25, 0.3) is 6.71 Å². The van der Waals surface area contributed by atoms with Crippen molar-refractivity contribution in [1.82, 2.24) is 9.13 Å². The molecule has 6 nitrogen and oxygen atoms in total. The fourth-order valence-corrected chi connectivity index (χ4v) is 14.0. The Bertz CT molecular complexity index is 4620. The molecular formula is C85H85BN4O2. The van der Waals surface area contributed by atoms with E-state index in [1.54, 1.807) is 0 Å². The van der Waals surface area contributed by atoms with E-state index in [1.165, 1.54) is 54.9 Å². The van der Waals surface area contributed by atoms with Crippen LogP contribution in [-0.4, -0.2) is 15.8 Å². The summed E-state index contributed by atoms with van der Waals surface area (Å²) >= 11 is 0. The van der Waals surface area contributed by atoms with Gasteiger partial charge in [-0.15, -0.1) is 0 Å². The van der Waals surface area contributed by atoms with E-state index in [-0.39, 0.29) is 39.2 Å². The first-order valence-electron chi connectivity index (χ1n) is 32.9. The molecule has 0 radical (unpaired) electrons. The van der Waals surface area contributed by atoms with Gasteiger partial charge in [-0.3, -0.25) is 0 Å². The third-order valence-corrected chi connectivity index (χ3v) is 19.6. The number of ether oxygens (including phenoxy) is 2. The van der Waals surface area contributed by atoms with Gasteiger partial charge < -0.3 is 23.5 Å². The molecule has 0 fully saturated rings. The summed E-state index contributed by atoms with van der Waals surface area (Å²) in [4.78, 5) is 2.33. The lowest BCUT2D eigenvalue weighted by Gasteiger charge is -2.34. The first-order chi connectivity index (χ1) is 43.3. The van der Waals surface area contributed by atoms with Crippen molar-refractivity contribution in [3.8, 4) is 51.6 Å². The highest BCUT2D eigenvalue weighted by atomic mass is 16.5. The largest absolute Gasteiger partial charge is 0.458 e. The summed E-state index contributed by atoms with van der Waals surface area (Å²) in [7, 11) is 0. The molecule has 0 unspecified atom stereocenters. The van der Waals surface area contributed by atoms with Crippen LogP contribution >= 0.6 is 0 Å². The van der Waals surface area contributed by atoms with Gasteiger partial charge in [0.05, 0.1) is 39.4 Å². The maximum absolute atomic E-state index is 10.8. The molecule has 2 aromatic heterocycles. The molecule has 4 heterocycles. The Kier molecular flexibility index (Phi) is 13.7.